The fourth-order valence-electron chi connectivity index (χ4n) is 1.98. The van der Waals surface area contributed by atoms with Gasteiger partial charge in [0.05, 0.1) is 5.60 Å². The van der Waals surface area contributed by atoms with Gasteiger partial charge in [0.25, 0.3) is 0 Å². The van der Waals surface area contributed by atoms with Crippen LogP contribution in [0.1, 0.15) is 25.3 Å². The first-order valence-electron chi connectivity index (χ1n) is 5.76. The third-order valence-electron chi connectivity index (χ3n) is 3.22. The zero-order valence-corrected chi connectivity index (χ0v) is 9.98. The number of hydrogen-bond acceptors (Lipinski definition) is 4. The quantitative estimate of drug-likeness (QED) is 0.520. The number of nitrogens with zero attached hydrogens (tertiary/aromatic N) is 2. The number of nitrogens with one attached hydrogen (secondary N) is 1. The number of hydrogen-bond donors (Lipinski definition) is 3. The van der Waals surface area contributed by atoms with E-state index >= 15 is 0 Å². The molecular formula is C12H18N4O. The van der Waals surface area contributed by atoms with Crippen LogP contribution in [0.4, 0.5) is 5.82 Å². The number of pyridine rings is 1. The molecule has 1 aliphatic rings. The van der Waals surface area contributed by atoms with E-state index < -0.39 is 5.60 Å². The standard InChI is InChI=1S/C12H18N4O/c1-12(17)3-6-16(7-4-12)10-8-9(11(13)14)2-5-15-10/h2,5,8,17H,3-4,6-7H2,1H3,(H3,13,14). The third kappa shape index (κ3) is 2.74. The number of aromatic nitrogens is 1. The van der Waals surface area contributed by atoms with E-state index in [9.17, 15) is 5.11 Å². The Morgan fingerprint density at radius 1 is 1.53 bits per heavy atom. The lowest BCUT2D eigenvalue weighted by Crippen LogP contribution is -2.42. The number of aliphatic hydroxyl groups is 1. The van der Waals surface area contributed by atoms with Crippen molar-refractivity contribution in [2.75, 3.05) is 18.0 Å². The van der Waals surface area contributed by atoms with Gasteiger partial charge in [0.15, 0.2) is 0 Å². The molecule has 2 heterocycles. The SMILES string of the molecule is CC1(O)CCN(c2cc(C(=N)N)ccn2)CC1. The van der Waals surface area contributed by atoms with Gasteiger partial charge in [-0.25, -0.2) is 4.98 Å². The van der Waals surface area contributed by atoms with Crippen LogP contribution < -0.4 is 10.6 Å². The van der Waals surface area contributed by atoms with E-state index in [1.165, 1.54) is 0 Å². The van der Waals surface area contributed by atoms with Crippen LogP contribution in [0.25, 0.3) is 0 Å². The molecule has 2 rings (SSSR count). The Hall–Kier alpha value is -1.62. The fraction of sp³-hybridized carbons (Fsp3) is 0.500. The summed E-state index contributed by atoms with van der Waals surface area (Å²) >= 11 is 0. The van der Waals surface area contributed by atoms with Crippen LogP contribution in [-0.4, -0.2) is 34.6 Å². The monoisotopic (exact) mass is 234 g/mol. The highest BCUT2D eigenvalue weighted by Crippen LogP contribution is 2.24. The summed E-state index contributed by atoms with van der Waals surface area (Å²) in [5.74, 6) is 0.880. The molecule has 1 saturated heterocycles. The minimum Gasteiger partial charge on any atom is -0.390 e. The Bertz CT molecular complexity index is 420. The second-order valence-electron chi connectivity index (χ2n) is 4.80. The number of piperidine rings is 1. The summed E-state index contributed by atoms with van der Waals surface area (Å²) in [5.41, 5.74) is 5.58. The molecule has 5 nitrogen and oxygen atoms in total. The predicted molar refractivity (Wildman–Crippen MR) is 67.3 cm³/mol. The van der Waals surface area contributed by atoms with Crippen molar-refractivity contribution in [1.82, 2.24) is 4.98 Å². The number of amidine groups is 1. The molecule has 0 saturated carbocycles. The zero-order valence-electron chi connectivity index (χ0n) is 9.98. The summed E-state index contributed by atoms with van der Waals surface area (Å²) < 4.78 is 0. The average Bonchev–Trinajstić information content (AvgIpc) is 2.29. The highest BCUT2D eigenvalue weighted by molar-refractivity contribution is 5.95. The maximum atomic E-state index is 9.88. The molecule has 0 bridgehead atoms. The largest absolute Gasteiger partial charge is 0.390 e. The molecule has 1 fully saturated rings. The maximum Gasteiger partial charge on any atom is 0.129 e. The van der Waals surface area contributed by atoms with Gasteiger partial charge >= 0.3 is 0 Å². The normalized spacial score (nSPS) is 19.1. The molecule has 0 radical (unpaired) electrons. The fourth-order valence-corrected chi connectivity index (χ4v) is 1.98. The van der Waals surface area contributed by atoms with E-state index in [4.69, 9.17) is 11.1 Å². The average molecular weight is 234 g/mol. The van der Waals surface area contributed by atoms with Crippen LogP contribution in [0, 0.1) is 5.41 Å². The predicted octanol–water partition coefficient (Wildman–Crippen LogP) is 0.717. The Kier molecular flexibility index (Phi) is 3.02. The number of anilines is 1. The second kappa shape index (κ2) is 4.33. The third-order valence-corrected chi connectivity index (χ3v) is 3.22. The molecule has 0 unspecified atom stereocenters. The molecule has 5 heteroatoms. The molecule has 1 aromatic rings. The summed E-state index contributed by atoms with van der Waals surface area (Å²) in [6.45, 7) is 3.42. The van der Waals surface area contributed by atoms with Crippen LogP contribution >= 0.6 is 0 Å². The molecule has 0 spiro atoms. The van der Waals surface area contributed by atoms with Crippen molar-refractivity contribution in [2.45, 2.75) is 25.4 Å². The molecule has 92 valence electrons. The van der Waals surface area contributed by atoms with Crippen molar-refractivity contribution in [3.63, 3.8) is 0 Å². The first-order valence-corrected chi connectivity index (χ1v) is 5.76. The molecule has 0 amide bonds. The summed E-state index contributed by atoms with van der Waals surface area (Å²) in [7, 11) is 0. The topological polar surface area (TPSA) is 86.2 Å². The lowest BCUT2D eigenvalue weighted by molar-refractivity contribution is 0.0350. The van der Waals surface area contributed by atoms with E-state index in [1.807, 2.05) is 13.0 Å². The van der Waals surface area contributed by atoms with Gasteiger partial charge in [0.1, 0.15) is 11.7 Å². The van der Waals surface area contributed by atoms with E-state index in [1.54, 1.807) is 12.3 Å². The van der Waals surface area contributed by atoms with Gasteiger partial charge in [-0.2, -0.15) is 0 Å². The van der Waals surface area contributed by atoms with Crippen LogP contribution in [-0.2, 0) is 0 Å². The second-order valence-corrected chi connectivity index (χ2v) is 4.80. The Morgan fingerprint density at radius 2 is 2.18 bits per heavy atom. The van der Waals surface area contributed by atoms with Crippen LogP contribution in [0.3, 0.4) is 0 Å². The van der Waals surface area contributed by atoms with Crippen molar-refractivity contribution in [3.05, 3.63) is 23.9 Å². The molecule has 1 aromatic heterocycles. The Labute approximate surface area is 101 Å². The van der Waals surface area contributed by atoms with Crippen molar-refractivity contribution in [1.29, 1.82) is 5.41 Å². The van der Waals surface area contributed by atoms with Gasteiger partial charge < -0.3 is 15.7 Å². The maximum absolute atomic E-state index is 9.88. The van der Waals surface area contributed by atoms with E-state index in [2.05, 4.69) is 9.88 Å². The lowest BCUT2D eigenvalue weighted by Gasteiger charge is -2.36. The van der Waals surface area contributed by atoms with Crippen molar-refractivity contribution >= 4 is 11.7 Å². The molecular weight excluding hydrogens is 216 g/mol. The Morgan fingerprint density at radius 3 is 2.76 bits per heavy atom. The smallest absolute Gasteiger partial charge is 0.129 e. The highest BCUT2D eigenvalue weighted by Gasteiger charge is 2.27. The van der Waals surface area contributed by atoms with Gasteiger partial charge in [-0.1, -0.05) is 0 Å². The highest BCUT2D eigenvalue weighted by atomic mass is 16.3. The summed E-state index contributed by atoms with van der Waals surface area (Å²) in [5, 5.41) is 17.3. The van der Waals surface area contributed by atoms with E-state index in [0.29, 0.717) is 5.56 Å². The molecule has 0 aromatic carbocycles. The van der Waals surface area contributed by atoms with Gasteiger partial charge in [-0.05, 0) is 31.9 Å². The van der Waals surface area contributed by atoms with Gasteiger partial charge in [0.2, 0.25) is 0 Å². The molecule has 0 aliphatic carbocycles. The zero-order chi connectivity index (χ0) is 12.5. The molecule has 1 aliphatic heterocycles. The minimum atomic E-state index is -0.561. The van der Waals surface area contributed by atoms with Crippen molar-refractivity contribution in [3.8, 4) is 0 Å². The molecule has 0 atom stereocenters. The van der Waals surface area contributed by atoms with E-state index in [-0.39, 0.29) is 5.84 Å². The van der Waals surface area contributed by atoms with Crippen LogP contribution in [0.2, 0.25) is 0 Å². The molecule has 17 heavy (non-hydrogen) atoms. The van der Waals surface area contributed by atoms with Crippen LogP contribution in [0.15, 0.2) is 18.3 Å². The van der Waals surface area contributed by atoms with Gasteiger partial charge in [0, 0.05) is 24.8 Å². The van der Waals surface area contributed by atoms with Gasteiger partial charge in [-0.15, -0.1) is 0 Å². The first kappa shape index (κ1) is 11.9. The van der Waals surface area contributed by atoms with Crippen molar-refractivity contribution in [2.24, 2.45) is 5.73 Å². The van der Waals surface area contributed by atoms with Gasteiger partial charge in [-0.3, -0.25) is 5.41 Å². The van der Waals surface area contributed by atoms with Crippen molar-refractivity contribution < 1.29 is 5.11 Å². The van der Waals surface area contributed by atoms with E-state index in [0.717, 1.165) is 31.7 Å². The number of nitrogen functional groups attached to an aromatic ring is 1. The minimum absolute atomic E-state index is 0.0534. The summed E-state index contributed by atoms with van der Waals surface area (Å²) in [4.78, 5) is 6.40. The Balaban J connectivity index is 2.13. The summed E-state index contributed by atoms with van der Waals surface area (Å²) in [6, 6.07) is 3.55. The summed E-state index contributed by atoms with van der Waals surface area (Å²) in [6.07, 6.45) is 3.14. The molecule has 4 N–H and O–H groups in total. The number of nitrogens with two attached hydrogens (primary N) is 1. The first-order chi connectivity index (χ1) is 7.98. The lowest BCUT2D eigenvalue weighted by atomic mass is 9.94. The van der Waals surface area contributed by atoms with Crippen LogP contribution in [0.5, 0.6) is 0 Å². The number of rotatable bonds is 2.